The van der Waals surface area contributed by atoms with Crippen LogP contribution in [0.15, 0.2) is 12.7 Å². The van der Waals surface area contributed by atoms with E-state index >= 15 is 0 Å². The van der Waals surface area contributed by atoms with E-state index in [1.165, 1.54) is 0 Å². The summed E-state index contributed by atoms with van der Waals surface area (Å²) in [7, 11) is 0. The van der Waals surface area contributed by atoms with Gasteiger partial charge in [-0.3, -0.25) is 14.4 Å². The number of aliphatic carboxylic acids is 1. The fourth-order valence-electron chi connectivity index (χ4n) is 2.36. The molecule has 0 aromatic heterocycles. The molecular weight excluding hydrogens is 248 g/mol. The molecule has 3 N–H and O–H groups in total. The van der Waals surface area contributed by atoms with E-state index in [0.29, 0.717) is 19.4 Å². The summed E-state index contributed by atoms with van der Waals surface area (Å²) in [5, 5.41) is 13.6. The maximum absolute atomic E-state index is 12.0. The van der Waals surface area contributed by atoms with Crippen LogP contribution in [0.25, 0.3) is 0 Å². The summed E-state index contributed by atoms with van der Waals surface area (Å²) >= 11 is 0. The highest BCUT2D eigenvalue weighted by atomic mass is 16.4. The molecule has 0 aliphatic heterocycles. The molecule has 0 bridgehead atoms. The van der Waals surface area contributed by atoms with Crippen LogP contribution in [0.5, 0.6) is 0 Å². The summed E-state index contributed by atoms with van der Waals surface area (Å²) in [6.45, 7) is 3.49. The van der Waals surface area contributed by atoms with Crippen molar-refractivity contribution in [2.24, 2.45) is 11.8 Å². The van der Waals surface area contributed by atoms with E-state index < -0.39 is 18.4 Å². The largest absolute Gasteiger partial charge is 0.480 e. The van der Waals surface area contributed by atoms with Crippen molar-refractivity contribution in [2.75, 3.05) is 13.1 Å². The lowest BCUT2D eigenvalue weighted by atomic mass is 9.78. The Morgan fingerprint density at radius 2 is 1.63 bits per heavy atom. The number of carboxylic acids is 1. The molecule has 2 unspecified atom stereocenters. The molecular formula is C13H20N2O4. The van der Waals surface area contributed by atoms with Crippen LogP contribution in [0, 0.1) is 11.8 Å². The zero-order valence-corrected chi connectivity index (χ0v) is 10.9. The number of carbonyl (C=O) groups excluding carboxylic acids is 2. The third-order valence-corrected chi connectivity index (χ3v) is 3.27. The zero-order chi connectivity index (χ0) is 14.3. The van der Waals surface area contributed by atoms with E-state index in [4.69, 9.17) is 5.11 Å². The van der Waals surface area contributed by atoms with Crippen LogP contribution in [0.1, 0.15) is 25.7 Å². The van der Waals surface area contributed by atoms with Crippen molar-refractivity contribution in [3.63, 3.8) is 0 Å². The van der Waals surface area contributed by atoms with Crippen LogP contribution in [-0.4, -0.2) is 36.0 Å². The van der Waals surface area contributed by atoms with Crippen molar-refractivity contribution in [2.45, 2.75) is 25.7 Å². The Bertz CT molecular complexity index is 368. The van der Waals surface area contributed by atoms with Gasteiger partial charge in [0.1, 0.15) is 6.54 Å². The van der Waals surface area contributed by atoms with Gasteiger partial charge in [0.2, 0.25) is 11.8 Å². The van der Waals surface area contributed by atoms with Crippen LogP contribution in [-0.2, 0) is 14.4 Å². The van der Waals surface area contributed by atoms with Gasteiger partial charge >= 0.3 is 5.97 Å². The molecule has 0 saturated heterocycles. The lowest BCUT2D eigenvalue weighted by molar-refractivity contribution is -0.140. The molecule has 1 aliphatic rings. The van der Waals surface area contributed by atoms with E-state index in [-0.39, 0.29) is 17.7 Å². The minimum absolute atomic E-state index is 0.157. The lowest BCUT2D eigenvalue weighted by Crippen LogP contribution is -2.44. The highest BCUT2D eigenvalue weighted by molar-refractivity contribution is 5.89. The Balaban J connectivity index is 2.60. The number of carbonyl (C=O) groups is 3. The fourth-order valence-corrected chi connectivity index (χ4v) is 2.36. The van der Waals surface area contributed by atoms with Crippen molar-refractivity contribution in [3.8, 4) is 0 Å². The number of carboxylic acid groups (broad SMARTS) is 1. The molecule has 106 valence electrons. The Labute approximate surface area is 112 Å². The van der Waals surface area contributed by atoms with Crippen molar-refractivity contribution in [3.05, 3.63) is 12.7 Å². The van der Waals surface area contributed by atoms with E-state index in [1.54, 1.807) is 6.08 Å². The molecule has 1 fully saturated rings. The molecule has 1 saturated carbocycles. The SMILES string of the molecule is C=CCNC(=O)C1CCCCC1C(=O)NCC(=O)O. The van der Waals surface area contributed by atoms with Gasteiger partial charge in [0.25, 0.3) is 0 Å². The predicted octanol–water partition coefficient (Wildman–Crippen LogP) is 0.296. The van der Waals surface area contributed by atoms with Gasteiger partial charge in [0, 0.05) is 18.4 Å². The van der Waals surface area contributed by atoms with Crippen LogP contribution < -0.4 is 10.6 Å². The monoisotopic (exact) mass is 268 g/mol. The quantitative estimate of drug-likeness (QED) is 0.604. The van der Waals surface area contributed by atoms with Gasteiger partial charge in [0.15, 0.2) is 0 Å². The minimum atomic E-state index is -1.09. The molecule has 0 heterocycles. The van der Waals surface area contributed by atoms with E-state index in [0.717, 1.165) is 12.8 Å². The number of amides is 2. The van der Waals surface area contributed by atoms with Gasteiger partial charge in [-0.25, -0.2) is 0 Å². The summed E-state index contributed by atoms with van der Waals surface area (Å²) in [4.78, 5) is 34.3. The van der Waals surface area contributed by atoms with Crippen LogP contribution in [0.3, 0.4) is 0 Å². The van der Waals surface area contributed by atoms with E-state index in [9.17, 15) is 14.4 Å². The van der Waals surface area contributed by atoms with E-state index in [2.05, 4.69) is 17.2 Å². The molecule has 0 radical (unpaired) electrons. The van der Waals surface area contributed by atoms with Gasteiger partial charge in [-0.1, -0.05) is 18.9 Å². The molecule has 1 aliphatic carbocycles. The van der Waals surface area contributed by atoms with Crippen LogP contribution in [0.4, 0.5) is 0 Å². The molecule has 0 aromatic rings. The molecule has 2 amide bonds. The first-order chi connectivity index (χ1) is 9.06. The second-order valence-electron chi connectivity index (χ2n) is 4.64. The second kappa shape index (κ2) is 7.56. The first-order valence-electron chi connectivity index (χ1n) is 6.44. The van der Waals surface area contributed by atoms with Crippen molar-refractivity contribution in [1.82, 2.24) is 10.6 Å². The molecule has 2 atom stereocenters. The fraction of sp³-hybridized carbons (Fsp3) is 0.615. The maximum atomic E-state index is 12.0. The average molecular weight is 268 g/mol. The Morgan fingerprint density at radius 1 is 1.11 bits per heavy atom. The third kappa shape index (κ3) is 4.73. The Morgan fingerprint density at radius 3 is 2.11 bits per heavy atom. The molecule has 6 heteroatoms. The summed E-state index contributed by atoms with van der Waals surface area (Å²) in [6, 6.07) is 0. The minimum Gasteiger partial charge on any atom is -0.480 e. The van der Waals surface area contributed by atoms with Crippen molar-refractivity contribution in [1.29, 1.82) is 0 Å². The number of hydrogen-bond acceptors (Lipinski definition) is 3. The molecule has 19 heavy (non-hydrogen) atoms. The standard InChI is InChI=1S/C13H20N2O4/c1-2-7-14-12(18)9-5-3-4-6-10(9)13(19)15-8-11(16)17/h2,9-10H,1,3-8H2,(H,14,18)(H,15,19)(H,16,17). The van der Waals surface area contributed by atoms with Crippen LogP contribution >= 0.6 is 0 Å². The van der Waals surface area contributed by atoms with E-state index in [1.807, 2.05) is 0 Å². The number of rotatable bonds is 6. The van der Waals surface area contributed by atoms with Crippen LogP contribution in [0.2, 0.25) is 0 Å². The van der Waals surface area contributed by atoms with Crippen molar-refractivity contribution < 1.29 is 19.5 Å². The smallest absolute Gasteiger partial charge is 0.322 e. The number of hydrogen-bond donors (Lipinski definition) is 3. The summed E-state index contributed by atoms with van der Waals surface area (Å²) in [5.41, 5.74) is 0. The van der Waals surface area contributed by atoms with Gasteiger partial charge < -0.3 is 15.7 Å². The van der Waals surface area contributed by atoms with Gasteiger partial charge in [-0.05, 0) is 12.8 Å². The van der Waals surface area contributed by atoms with Crippen molar-refractivity contribution >= 4 is 17.8 Å². The summed E-state index contributed by atoms with van der Waals surface area (Å²) in [5.74, 6) is -2.40. The molecule has 0 aromatic carbocycles. The average Bonchev–Trinajstić information content (AvgIpc) is 2.42. The Hall–Kier alpha value is -1.85. The lowest BCUT2D eigenvalue weighted by Gasteiger charge is -2.29. The molecule has 6 nitrogen and oxygen atoms in total. The van der Waals surface area contributed by atoms with Gasteiger partial charge in [-0.2, -0.15) is 0 Å². The second-order valence-corrected chi connectivity index (χ2v) is 4.64. The number of nitrogens with one attached hydrogen (secondary N) is 2. The highest BCUT2D eigenvalue weighted by Crippen LogP contribution is 2.30. The zero-order valence-electron chi connectivity index (χ0n) is 10.9. The topological polar surface area (TPSA) is 95.5 Å². The van der Waals surface area contributed by atoms with Gasteiger partial charge in [0.05, 0.1) is 0 Å². The first kappa shape index (κ1) is 15.2. The summed E-state index contributed by atoms with van der Waals surface area (Å²) in [6.07, 6.45) is 4.66. The normalized spacial score (nSPS) is 22.3. The highest BCUT2D eigenvalue weighted by Gasteiger charge is 2.35. The first-order valence-corrected chi connectivity index (χ1v) is 6.44. The Kier molecular flexibility index (Phi) is 6.05. The predicted molar refractivity (Wildman–Crippen MR) is 69.3 cm³/mol. The molecule has 1 rings (SSSR count). The maximum Gasteiger partial charge on any atom is 0.322 e. The molecule has 0 spiro atoms. The third-order valence-electron chi connectivity index (χ3n) is 3.27. The summed E-state index contributed by atoms with van der Waals surface area (Å²) < 4.78 is 0. The van der Waals surface area contributed by atoms with Gasteiger partial charge in [-0.15, -0.1) is 6.58 Å².